The van der Waals surface area contributed by atoms with Gasteiger partial charge in [0.05, 0.1) is 5.56 Å². The van der Waals surface area contributed by atoms with Gasteiger partial charge in [-0.3, -0.25) is 0 Å². The van der Waals surface area contributed by atoms with Crippen LogP contribution in [0.3, 0.4) is 0 Å². The van der Waals surface area contributed by atoms with E-state index in [-0.39, 0.29) is 18.2 Å². The summed E-state index contributed by atoms with van der Waals surface area (Å²) in [4.78, 5) is 0. The predicted molar refractivity (Wildman–Crippen MR) is 67.3 cm³/mol. The van der Waals surface area contributed by atoms with Crippen LogP contribution < -0.4 is 11.1 Å². The van der Waals surface area contributed by atoms with Gasteiger partial charge in [0, 0.05) is 18.3 Å². The minimum absolute atomic E-state index is 0.111. The number of anilines is 1. The SMILES string of the molecule is CCCC(C)Nc1ccc(CN)c(C(F)(F)F)c1. The standard InChI is InChI=1S/C13H19F3N2/c1-3-4-9(2)18-11-6-5-10(8-17)12(7-11)13(14,15)16/h5-7,9,18H,3-4,8,17H2,1-2H3. The van der Waals surface area contributed by atoms with E-state index in [1.807, 2.05) is 13.8 Å². The topological polar surface area (TPSA) is 38.0 Å². The molecule has 0 amide bonds. The van der Waals surface area contributed by atoms with Crippen LogP contribution in [0.1, 0.15) is 37.8 Å². The van der Waals surface area contributed by atoms with Gasteiger partial charge >= 0.3 is 6.18 Å². The Bertz CT molecular complexity index is 388. The van der Waals surface area contributed by atoms with E-state index >= 15 is 0 Å². The van der Waals surface area contributed by atoms with E-state index in [0.717, 1.165) is 18.9 Å². The quantitative estimate of drug-likeness (QED) is 0.845. The fourth-order valence-electron chi connectivity index (χ4n) is 1.90. The second-order valence-corrected chi connectivity index (χ2v) is 4.41. The first kappa shape index (κ1) is 14.8. The average molecular weight is 260 g/mol. The van der Waals surface area contributed by atoms with Gasteiger partial charge in [-0.1, -0.05) is 19.4 Å². The Morgan fingerprint density at radius 2 is 2.00 bits per heavy atom. The number of nitrogens with two attached hydrogens (primary N) is 1. The normalized spacial score (nSPS) is 13.4. The van der Waals surface area contributed by atoms with E-state index in [1.54, 1.807) is 6.07 Å². The molecule has 0 fully saturated rings. The zero-order valence-corrected chi connectivity index (χ0v) is 10.6. The summed E-state index contributed by atoms with van der Waals surface area (Å²) in [6, 6.07) is 4.36. The van der Waals surface area contributed by atoms with Crippen LogP contribution in [0.4, 0.5) is 18.9 Å². The molecule has 2 nitrogen and oxygen atoms in total. The Hall–Kier alpha value is -1.23. The molecule has 0 spiro atoms. The molecule has 1 unspecified atom stereocenters. The van der Waals surface area contributed by atoms with Crippen molar-refractivity contribution in [2.75, 3.05) is 5.32 Å². The van der Waals surface area contributed by atoms with Gasteiger partial charge in [0.15, 0.2) is 0 Å². The molecule has 1 atom stereocenters. The molecule has 0 aromatic heterocycles. The number of halogens is 3. The Kier molecular flexibility index (Phi) is 5.02. The van der Waals surface area contributed by atoms with Crippen LogP contribution in [-0.2, 0) is 12.7 Å². The first-order valence-electron chi connectivity index (χ1n) is 6.05. The second kappa shape index (κ2) is 6.09. The van der Waals surface area contributed by atoms with Gasteiger partial charge in [-0.15, -0.1) is 0 Å². The highest BCUT2D eigenvalue weighted by Crippen LogP contribution is 2.33. The van der Waals surface area contributed by atoms with E-state index in [0.29, 0.717) is 5.69 Å². The van der Waals surface area contributed by atoms with Gasteiger partial charge in [-0.2, -0.15) is 13.2 Å². The van der Waals surface area contributed by atoms with E-state index in [1.165, 1.54) is 6.07 Å². The molecule has 3 N–H and O–H groups in total. The molecule has 1 rings (SSSR count). The molecule has 5 heteroatoms. The Labute approximate surface area is 105 Å². The lowest BCUT2D eigenvalue weighted by atomic mass is 10.1. The fourth-order valence-corrected chi connectivity index (χ4v) is 1.90. The fraction of sp³-hybridized carbons (Fsp3) is 0.538. The molecule has 0 bridgehead atoms. The van der Waals surface area contributed by atoms with Crippen molar-refractivity contribution in [1.82, 2.24) is 0 Å². The summed E-state index contributed by atoms with van der Waals surface area (Å²) in [6.45, 7) is 3.88. The van der Waals surface area contributed by atoms with Crippen LogP contribution in [0, 0.1) is 0 Å². The highest BCUT2D eigenvalue weighted by molar-refractivity contribution is 5.50. The van der Waals surface area contributed by atoms with Gasteiger partial charge in [0.2, 0.25) is 0 Å². The lowest BCUT2D eigenvalue weighted by Crippen LogP contribution is -2.17. The Balaban J connectivity index is 2.96. The molecule has 18 heavy (non-hydrogen) atoms. The van der Waals surface area contributed by atoms with Gasteiger partial charge in [-0.25, -0.2) is 0 Å². The number of nitrogens with one attached hydrogen (secondary N) is 1. The van der Waals surface area contributed by atoms with Gasteiger partial charge in [0.25, 0.3) is 0 Å². The molecule has 0 aliphatic carbocycles. The van der Waals surface area contributed by atoms with Crippen molar-refractivity contribution < 1.29 is 13.2 Å². The molecule has 1 aromatic rings. The molecular weight excluding hydrogens is 241 g/mol. The maximum absolute atomic E-state index is 12.8. The molecule has 0 heterocycles. The van der Waals surface area contributed by atoms with Crippen molar-refractivity contribution in [1.29, 1.82) is 0 Å². The summed E-state index contributed by atoms with van der Waals surface area (Å²) in [5.74, 6) is 0. The predicted octanol–water partition coefficient (Wildman–Crippen LogP) is 3.76. The molecule has 102 valence electrons. The highest BCUT2D eigenvalue weighted by Gasteiger charge is 2.33. The number of benzene rings is 1. The number of hydrogen-bond acceptors (Lipinski definition) is 2. The first-order valence-corrected chi connectivity index (χ1v) is 6.05. The molecule has 0 aliphatic heterocycles. The van der Waals surface area contributed by atoms with Gasteiger partial charge in [-0.05, 0) is 31.0 Å². The minimum Gasteiger partial charge on any atom is -0.383 e. The van der Waals surface area contributed by atoms with Crippen LogP contribution in [0.25, 0.3) is 0 Å². The lowest BCUT2D eigenvalue weighted by Gasteiger charge is -2.17. The molecule has 0 aliphatic rings. The third kappa shape index (κ3) is 3.91. The van der Waals surface area contributed by atoms with Gasteiger partial charge in [0.1, 0.15) is 0 Å². The molecular formula is C13H19F3N2. The van der Waals surface area contributed by atoms with E-state index < -0.39 is 11.7 Å². The van der Waals surface area contributed by atoms with Crippen molar-refractivity contribution in [3.63, 3.8) is 0 Å². The van der Waals surface area contributed by atoms with Crippen LogP contribution in [0.15, 0.2) is 18.2 Å². The molecule has 0 saturated carbocycles. The highest BCUT2D eigenvalue weighted by atomic mass is 19.4. The zero-order chi connectivity index (χ0) is 13.8. The smallest absolute Gasteiger partial charge is 0.383 e. The van der Waals surface area contributed by atoms with E-state index in [2.05, 4.69) is 5.32 Å². The minimum atomic E-state index is -4.36. The van der Waals surface area contributed by atoms with Crippen molar-refractivity contribution in [2.24, 2.45) is 5.73 Å². The van der Waals surface area contributed by atoms with Crippen molar-refractivity contribution in [3.8, 4) is 0 Å². The van der Waals surface area contributed by atoms with Crippen LogP contribution in [0.5, 0.6) is 0 Å². The van der Waals surface area contributed by atoms with Crippen LogP contribution in [0.2, 0.25) is 0 Å². The molecule has 0 saturated heterocycles. The zero-order valence-electron chi connectivity index (χ0n) is 10.6. The van der Waals surface area contributed by atoms with Crippen molar-refractivity contribution >= 4 is 5.69 Å². The Morgan fingerprint density at radius 3 is 2.50 bits per heavy atom. The monoisotopic (exact) mass is 260 g/mol. The Morgan fingerprint density at radius 1 is 1.33 bits per heavy atom. The number of alkyl halides is 3. The third-order valence-electron chi connectivity index (χ3n) is 2.77. The van der Waals surface area contributed by atoms with E-state index in [4.69, 9.17) is 5.73 Å². The van der Waals surface area contributed by atoms with Crippen LogP contribution in [-0.4, -0.2) is 6.04 Å². The molecule has 1 aromatic carbocycles. The van der Waals surface area contributed by atoms with E-state index in [9.17, 15) is 13.2 Å². The first-order chi connectivity index (χ1) is 8.38. The summed E-state index contributed by atoms with van der Waals surface area (Å²) >= 11 is 0. The maximum Gasteiger partial charge on any atom is 0.416 e. The summed E-state index contributed by atoms with van der Waals surface area (Å²) in [7, 11) is 0. The van der Waals surface area contributed by atoms with Gasteiger partial charge < -0.3 is 11.1 Å². The molecule has 0 radical (unpaired) electrons. The second-order valence-electron chi connectivity index (χ2n) is 4.41. The van der Waals surface area contributed by atoms with Crippen molar-refractivity contribution in [2.45, 2.75) is 45.5 Å². The number of hydrogen-bond donors (Lipinski definition) is 2. The maximum atomic E-state index is 12.8. The largest absolute Gasteiger partial charge is 0.416 e. The van der Waals surface area contributed by atoms with Crippen LogP contribution >= 0.6 is 0 Å². The summed E-state index contributed by atoms with van der Waals surface area (Å²) in [5, 5.41) is 3.07. The van der Waals surface area contributed by atoms with Crippen molar-refractivity contribution in [3.05, 3.63) is 29.3 Å². The summed E-state index contributed by atoms with van der Waals surface area (Å²) < 4.78 is 38.5. The average Bonchev–Trinajstić information content (AvgIpc) is 2.28. The number of rotatable bonds is 5. The summed E-state index contributed by atoms with van der Waals surface area (Å²) in [5.41, 5.74) is 5.28. The lowest BCUT2D eigenvalue weighted by molar-refractivity contribution is -0.138. The summed E-state index contributed by atoms with van der Waals surface area (Å²) in [6.07, 6.45) is -2.46. The third-order valence-corrected chi connectivity index (χ3v) is 2.77.